The van der Waals surface area contributed by atoms with Crippen molar-refractivity contribution < 1.29 is 24.2 Å². The number of hydrogen-bond donors (Lipinski definition) is 2. The first-order valence-electron chi connectivity index (χ1n) is 6.18. The van der Waals surface area contributed by atoms with E-state index in [9.17, 15) is 9.59 Å². The summed E-state index contributed by atoms with van der Waals surface area (Å²) >= 11 is 0. The maximum absolute atomic E-state index is 12.4. The number of ketones is 1. The van der Waals surface area contributed by atoms with Crippen molar-refractivity contribution in [1.82, 2.24) is 5.32 Å². The second-order valence-corrected chi connectivity index (χ2v) is 4.20. The average Bonchev–Trinajstić information content (AvgIpc) is 2.46. The monoisotopic (exact) mass is 281 g/mol. The normalized spacial score (nSPS) is 11.8. The van der Waals surface area contributed by atoms with E-state index in [1.54, 1.807) is 25.2 Å². The largest absolute Gasteiger partial charge is 0.497 e. The number of likely N-dealkylation sites (N-methyl/N-ethyl adjacent to an activating group) is 1. The number of aliphatic carboxylic acids is 1. The first kappa shape index (κ1) is 16.0. The predicted molar refractivity (Wildman–Crippen MR) is 73.6 cm³/mol. The predicted octanol–water partition coefficient (Wildman–Crippen LogP) is 1.34. The Balaban J connectivity index is 2.96. The lowest BCUT2D eigenvalue weighted by Gasteiger charge is -2.16. The Labute approximate surface area is 117 Å². The Kier molecular flexibility index (Phi) is 5.99. The van der Waals surface area contributed by atoms with E-state index in [0.29, 0.717) is 17.1 Å². The summed E-state index contributed by atoms with van der Waals surface area (Å²) in [6.45, 7) is 0. The molecule has 1 unspecified atom stereocenters. The van der Waals surface area contributed by atoms with Gasteiger partial charge >= 0.3 is 5.97 Å². The summed E-state index contributed by atoms with van der Waals surface area (Å²) in [4.78, 5) is 23.0. The number of carbonyl (C=O) groups is 2. The van der Waals surface area contributed by atoms with Crippen LogP contribution in [0.3, 0.4) is 0 Å². The molecule has 20 heavy (non-hydrogen) atoms. The van der Waals surface area contributed by atoms with Crippen molar-refractivity contribution >= 4 is 11.8 Å². The zero-order valence-electron chi connectivity index (χ0n) is 11.8. The van der Waals surface area contributed by atoms with Crippen LogP contribution in [0, 0.1) is 0 Å². The number of rotatable bonds is 8. The van der Waals surface area contributed by atoms with E-state index in [2.05, 4.69) is 5.32 Å². The lowest BCUT2D eigenvalue weighted by atomic mass is 9.99. The van der Waals surface area contributed by atoms with E-state index in [0.717, 1.165) is 0 Å². The molecular weight excluding hydrogens is 262 g/mol. The summed E-state index contributed by atoms with van der Waals surface area (Å²) in [5.74, 6) is -0.136. The van der Waals surface area contributed by atoms with Crippen LogP contribution >= 0.6 is 0 Å². The number of benzene rings is 1. The number of nitrogens with one attached hydrogen (secondary N) is 1. The first-order chi connectivity index (χ1) is 9.53. The summed E-state index contributed by atoms with van der Waals surface area (Å²) in [6, 6.07) is 4.34. The van der Waals surface area contributed by atoms with Crippen molar-refractivity contribution in [3.05, 3.63) is 23.8 Å². The fourth-order valence-electron chi connectivity index (χ4n) is 1.86. The molecule has 0 amide bonds. The summed E-state index contributed by atoms with van der Waals surface area (Å²) in [5, 5.41) is 11.5. The fraction of sp³-hybridized carbons (Fsp3) is 0.429. The SMILES string of the molecule is CNC(CCC(=O)O)C(=O)c1ccc(OC)cc1OC. The van der Waals surface area contributed by atoms with Gasteiger partial charge < -0.3 is 19.9 Å². The van der Waals surface area contributed by atoms with Crippen molar-refractivity contribution in [3.63, 3.8) is 0 Å². The lowest BCUT2D eigenvalue weighted by Crippen LogP contribution is -2.34. The molecule has 1 atom stereocenters. The molecule has 110 valence electrons. The molecular formula is C14H19NO5. The third-order valence-corrected chi connectivity index (χ3v) is 2.99. The molecule has 1 rings (SSSR count). The molecule has 0 aliphatic heterocycles. The summed E-state index contributed by atoms with van der Waals surface area (Å²) in [5.41, 5.74) is 0.401. The average molecular weight is 281 g/mol. The Morgan fingerprint density at radius 3 is 2.50 bits per heavy atom. The smallest absolute Gasteiger partial charge is 0.303 e. The molecule has 0 spiro atoms. The van der Waals surface area contributed by atoms with Gasteiger partial charge in [-0.2, -0.15) is 0 Å². The van der Waals surface area contributed by atoms with Gasteiger partial charge in [0.15, 0.2) is 5.78 Å². The number of methoxy groups -OCH3 is 2. The number of Topliss-reactive ketones (excluding diaryl/α,β-unsaturated/α-hetero) is 1. The molecule has 1 aromatic rings. The number of ether oxygens (including phenoxy) is 2. The highest BCUT2D eigenvalue weighted by atomic mass is 16.5. The summed E-state index contributed by atoms with van der Waals surface area (Å²) in [7, 11) is 4.62. The second kappa shape index (κ2) is 7.49. The minimum Gasteiger partial charge on any atom is -0.497 e. The number of hydrogen-bond acceptors (Lipinski definition) is 5. The second-order valence-electron chi connectivity index (χ2n) is 4.20. The lowest BCUT2D eigenvalue weighted by molar-refractivity contribution is -0.137. The van der Waals surface area contributed by atoms with Crippen LogP contribution in [0.1, 0.15) is 23.2 Å². The van der Waals surface area contributed by atoms with Crippen molar-refractivity contribution in [2.45, 2.75) is 18.9 Å². The standard InChI is InChI=1S/C14H19NO5/c1-15-11(6-7-13(16)17)14(18)10-5-4-9(19-2)8-12(10)20-3/h4-5,8,11,15H,6-7H2,1-3H3,(H,16,17). The number of carbonyl (C=O) groups excluding carboxylic acids is 1. The van der Waals surface area contributed by atoms with Crippen molar-refractivity contribution in [1.29, 1.82) is 0 Å². The summed E-state index contributed by atoms with van der Waals surface area (Å²) in [6.07, 6.45) is 0.148. The van der Waals surface area contributed by atoms with Crippen molar-refractivity contribution in [2.24, 2.45) is 0 Å². The van der Waals surface area contributed by atoms with E-state index in [1.165, 1.54) is 14.2 Å². The molecule has 0 aliphatic rings. The van der Waals surface area contributed by atoms with E-state index in [1.807, 2.05) is 0 Å². The van der Waals surface area contributed by atoms with Gasteiger partial charge in [-0.1, -0.05) is 0 Å². The molecule has 0 aromatic heterocycles. The van der Waals surface area contributed by atoms with Crippen molar-refractivity contribution in [2.75, 3.05) is 21.3 Å². The van der Waals surface area contributed by atoms with Crippen LogP contribution in [0.15, 0.2) is 18.2 Å². The van der Waals surface area contributed by atoms with Crippen LogP contribution in [0.2, 0.25) is 0 Å². The van der Waals surface area contributed by atoms with Crippen LogP contribution < -0.4 is 14.8 Å². The molecule has 0 fully saturated rings. The van der Waals surface area contributed by atoms with Crippen molar-refractivity contribution in [3.8, 4) is 11.5 Å². The Morgan fingerprint density at radius 2 is 2.00 bits per heavy atom. The highest BCUT2D eigenvalue weighted by molar-refractivity contribution is 6.02. The molecule has 1 aromatic carbocycles. The summed E-state index contributed by atoms with van der Waals surface area (Å²) < 4.78 is 10.3. The maximum Gasteiger partial charge on any atom is 0.303 e. The van der Waals surface area contributed by atoms with Gasteiger partial charge in [0.2, 0.25) is 0 Å². The molecule has 0 radical (unpaired) electrons. The third kappa shape index (κ3) is 3.96. The topological polar surface area (TPSA) is 84.9 Å². The van der Waals surface area contributed by atoms with Gasteiger partial charge in [-0.15, -0.1) is 0 Å². The Hall–Kier alpha value is -2.08. The molecule has 2 N–H and O–H groups in total. The highest BCUT2D eigenvalue weighted by Crippen LogP contribution is 2.26. The molecule has 0 saturated heterocycles. The van der Waals surface area contributed by atoms with E-state index in [4.69, 9.17) is 14.6 Å². The minimum absolute atomic E-state index is 0.0737. The van der Waals surface area contributed by atoms with Crippen LogP contribution in [0.4, 0.5) is 0 Å². The minimum atomic E-state index is -0.931. The van der Waals surface area contributed by atoms with Crippen LogP contribution in [-0.4, -0.2) is 44.2 Å². The maximum atomic E-state index is 12.4. The van der Waals surface area contributed by atoms with Gasteiger partial charge in [-0.05, 0) is 25.6 Å². The quantitative estimate of drug-likeness (QED) is 0.699. The molecule has 6 heteroatoms. The molecule has 0 bridgehead atoms. The van der Waals surface area contributed by atoms with Gasteiger partial charge in [0.25, 0.3) is 0 Å². The zero-order chi connectivity index (χ0) is 15.1. The highest BCUT2D eigenvalue weighted by Gasteiger charge is 2.22. The Morgan fingerprint density at radius 1 is 1.30 bits per heavy atom. The first-order valence-corrected chi connectivity index (χ1v) is 6.18. The third-order valence-electron chi connectivity index (χ3n) is 2.99. The zero-order valence-corrected chi connectivity index (χ0v) is 11.8. The molecule has 0 heterocycles. The van der Waals surface area contributed by atoms with Crippen LogP contribution in [-0.2, 0) is 4.79 Å². The van der Waals surface area contributed by atoms with Gasteiger partial charge in [0.1, 0.15) is 11.5 Å². The number of carboxylic acids is 1. The number of carboxylic acid groups (broad SMARTS) is 1. The Bertz CT molecular complexity index is 486. The molecule has 6 nitrogen and oxygen atoms in total. The molecule has 0 saturated carbocycles. The van der Waals surface area contributed by atoms with Gasteiger partial charge in [0, 0.05) is 12.5 Å². The van der Waals surface area contributed by atoms with Crippen LogP contribution in [0.25, 0.3) is 0 Å². The van der Waals surface area contributed by atoms with Gasteiger partial charge in [0.05, 0.1) is 25.8 Å². The molecule has 0 aliphatic carbocycles. The fourth-order valence-corrected chi connectivity index (χ4v) is 1.86. The van der Waals surface area contributed by atoms with Gasteiger partial charge in [-0.3, -0.25) is 9.59 Å². The van der Waals surface area contributed by atoms with E-state index >= 15 is 0 Å². The van der Waals surface area contributed by atoms with Gasteiger partial charge in [-0.25, -0.2) is 0 Å². The van der Waals surface area contributed by atoms with E-state index < -0.39 is 12.0 Å². The van der Waals surface area contributed by atoms with E-state index in [-0.39, 0.29) is 18.6 Å². The van der Waals surface area contributed by atoms with Crippen LogP contribution in [0.5, 0.6) is 11.5 Å².